The van der Waals surface area contributed by atoms with Gasteiger partial charge in [-0.05, 0) is 18.6 Å². The van der Waals surface area contributed by atoms with Gasteiger partial charge in [-0.3, -0.25) is 4.68 Å². The van der Waals surface area contributed by atoms with Crippen LogP contribution in [-0.4, -0.2) is 34.7 Å². The molecular weight excluding hydrogens is 392 g/mol. The number of nitriles is 1. The zero-order valence-electron chi connectivity index (χ0n) is 16.0. The molecule has 11 heteroatoms. The Balaban J connectivity index is 1.75. The van der Waals surface area contributed by atoms with E-state index in [1.807, 2.05) is 0 Å². The molecule has 2 N–H and O–H groups in total. The van der Waals surface area contributed by atoms with Crippen LogP contribution in [0.15, 0.2) is 30.6 Å². The number of anilines is 1. The van der Waals surface area contributed by atoms with Crippen molar-refractivity contribution in [3.05, 3.63) is 59.0 Å². The van der Waals surface area contributed by atoms with Crippen molar-refractivity contribution in [2.24, 2.45) is 7.05 Å². The number of halogens is 2. The van der Waals surface area contributed by atoms with Crippen molar-refractivity contribution < 1.29 is 8.78 Å². The van der Waals surface area contributed by atoms with Crippen LogP contribution in [0.5, 0.6) is 0 Å². The van der Waals surface area contributed by atoms with E-state index >= 15 is 0 Å². The van der Waals surface area contributed by atoms with Gasteiger partial charge in [0.05, 0.1) is 30.6 Å². The topological polar surface area (TPSA) is 124 Å². The maximum Gasteiger partial charge on any atom is 0.193 e. The predicted molar refractivity (Wildman–Crippen MR) is 103 cm³/mol. The summed E-state index contributed by atoms with van der Waals surface area (Å²) in [5.74, 6) is -1.53. The smallest absolute Gasteiger partial charge is 0.193 e. The molecule has 9 nitrogen and oxygen atoms in total. The minimum Gasteiger partial charge on any atom is -0.381 e. The summed E-state index contributed by atoms with van der Waals surface area (Å²) in [5.41, 5.74) is 7.53. The van der Waals surface area contributed by atoms with Gasteiger partial charge < -0.3 is 5.73 Å². The number of nitrogens with two attached hydrogens (primary N) is 1. The van der Waals surface area contributed by atoms with Gasteiger partial charge in [-0.15, -0.1) is 5.10 Å². The lowest BCUT2D eigenvalue weighted by molar-refractivity contribution is 0.572. The molecule has 0 aliphatic heterocycles. The maximum atomic E-state index is 14.7. The number of nitrogen functional groups attached to an aromatic ring is 1. The lowest BCUT2D eigenvalue weighted by Crippen LogP contribution is -2.04. The van der Waals surface area contributed by atoms with Crippen molar-refractivity contribution in [2.45, 2.75) is 13.5 Å². The van der Waals surface area contributed by atoms with E-state index in [-0.39, 0.29) is 35.3 Å². The molecule has 4 rings (SSSR count). The molecule has 1 aromatic carbocycles. The molecule has 0 amide bonds. The van der Waals surface area contributed by atoms with Gasteiger partial charge in [0.1, 0.15) is 17.1 Å². The molecule has 150 valence electrons. The Morgan fingerprint density at radius 3 is 2.70 bits per heavy atom. The zero-order valence-corrected chi connectivity index (χ0v) is 16.0. The first-order valence-electron chi connectivity index (χ1n) is 8.79. The van der Waals surface area contributed by atoms with E-state index in [9.17, 15) is 14.0 Å². The third-order valence-electron chi connectivity index (χ3n) is 4.52. The summed E-state index contributed by atoms with van der Waals surface area (Å²) < 4.78 is 31.2. The van der Waals surface area contributed by atoms with Gasteiger partial charge in [0.15, 0.2) is 23.3 Å². The zero-order chi connectivity index (χ0) is 21.4. The Morgan fingerprint density at radius 2 is 2.00 bits per heavy atom. The standard InChI is InChI=1S/C19H15F2N9/c1-10-11(6-22)4-3-5-12(10)19-24-17(16(21)18(23)25-19)15-9-30(28-26-15)8-14-13(20)7-29(2)27-14/h3-5,7,9H,8H2,1-2H3,(H2,23,24,25). The summed E-state index contributed by atoms with van der Waals surface area (Å²) in [7, 11) is 1.60. The number of aromatic nitrogens is 7. The molecule has 0 saturated heterocycles. The Kier molecular flexibility index (Phi) is 4.67. The van der Waals surface area contributed by atoms with Crippen molar-refractivity contribution in [3.8, 4) is 28.8 Å². The second kappa shape index (κ2) is 7.32. The first kappa shape index (κ1) is 19.1. The molecule has 0 aliphatic carbocycles. The van der Waals surface area contributed by atoms with E-state index < -0.39 is 11.6 Å². The molecule has 3 aromatic heterocycles. The van der Waals surface area contributed by atoms with Crippen molar-refractivity contribution in [1.82, 2.24) is 34.7 Å². The van der Waals surface area contributed by atoms with Crippen molar-refractivity contribution in [1.29, 1.82) is 5.26 Å². The van der Waals surface area contributed by atoms with Gasteiger partial charge in [-0.2, -0.15) is 10.4 Å². The number of aryl methyl sites for hydroxylation is 1. The third-order valence-corrected chi connectivity index (χ3v) is 4.52. The van der Waals surface area contributed by atoms with Crippen molar-refractivity contribution >= 4 is 5.82 Å². The highest BCUT2D eigenvalue weighted by Crippen LogP contribution is 2.28. The first-order valence-corrected chi connectivity index (χ1v) is 8.79. The molecule has 0 atom stereocenters. The molecule has 0 spiro atoms. The highest BCUT2D eigenvalue weighted by Gasteiger charge is 2.20. The molecule has 4 aromatic rings. The van der Waals surface area contributed by atoms with E-state index in [4.69, 9.17) is 5.73 Å². The van der Waals surface area contributed by atoms with Crippen LogP contribution in [0.2, 0.25) is 0 Å². The number of hydrogen-bond acceptors (Lipinski definition) is 7. The van der Waals surface area contributed by atoms with Crippen LogP contribution in [0.25, 0.3) is 22.8 Å². The number of hydrogen-bond donors (Lipinski definition) is 1. The highest BCUT2D eigenvalue weighted by atomic mass is 19.1. The average molecular weight is 407 g/mol. The number of nitrogens with zero attached hydrogens (tertiary/aromatic N) is 8. The summed E-state index contributed by atoms with van der Waals surface area (Å²) in [4.78, 5) is 8.29. The van der Waals surface area contributed by atoms with E-state index in [1.54, 1.807) is 32.2 Å². The van der Waals surface area contributed by atoms with Crippen LogP contribution in [0.1, 0.15) is 16.8 Å². The van der Waals surface area contributed by atoms with Gasteiger partial charge in [0, 0.05) is 12.6 Å². The van der Waals surface area contributed by atoms with Crippen molar-refractivity contribution in [3.63, 3.8) is 0 Å². The minimum absolute atomic E-state index is 0.0119. The summed E-state index contributed by atoms with van der Waals surface area (Å²) in [6.45, 7) is 1.76. The Hall–Kier alpha value is -4.20. The SMILES string of the molecule is Cc1c(C#N)cccc1-c1nc(N)c(F)c(-c2cn(Cc3nn(C)cc3F)nn2)n1. The lowest BCUT2D eigenvalue weighted by atomic mass is 10.0. The summed E-state index contributed by atoms with van der Waals surface area (Å²) in [6, 6.07) is 7.14. The molecule has 3 heterocycles. The molecule has 0 unspecified atom stereocenters. The van der Waals surface area contributed by atoms with E-state index in [0.29, 0.717) is 16.7 Å². The van der Waals surface area contributed by atoms with Crippen LogP contribution < -0.4 is 5.73 Å². The summed E-state index contributed by atoms with van der Waals surface area (Å²) in [6.07, 6.45) is 2.66. The molecule has 0 radical (unpaired) electrons. The first-order chi connectivity index (χ1) is 14.4. The monoisotopic (exact) mass is 407 g/mol. The predicted octanol–water partition coefficient (Wildman–Crippen LogP) is 2.22. The normalized spacial score (nSPS) is 10.9. The fraction of sp³-hybridized carbons (Fsp3) is 0.158. The number of benzene rings is 1. The molecule has 0 aliphatic rings. The van der Waals surface area contributed by atoms with Crippen LogP contribution >= 0.6 is 0 Å². The minimum atomic E-state index is -0.844. The van der Waals surface area contributed by atoms with Crippen LogP contribution in [0.4, 0.5) is 14.6 Å². The highest BCUT2D eigenvalue weighted by molar-refractivity contribution is 5.69. The van der Waals surface area contributed by atoms with E-state index in [2.05, 4.69) is 31.4 Å². The van der Waals surface area contributed by atoms with Crippen LogP contribution in [-0.2, 0) is 13.6 Å². The van der Waals surface area contributed by atoms with Gasteiger partial charge in [-0.1, -0.05) is 17.3 Å². The van der Waals surface area contributed by atoms with Gasteiger partial charge in [-0.25, -0.2) is 23.4 Å². The van der Waals surface area contributed by atoms with Crippen molar-refractivity contribution in [2.75, 3.05) is 5.73 Å². The average Bonchev–Trinajstić information content (AvgIpc) is 3.30. The van der Waals surface area contributed by atoms with Gasteiger partial charge >= 0.3 is 0 Å². The Morgan fingerprint density at radius 1 is 1.20 bits per heavy atom. The number of rotatable bonds is 4. The fourth-order valence-electron chi connectivity index (χ4n) is 3.00. The molecule has 0 bridgehead atoms. The molecule has 0 saturated carbocycles. The molecule has 30 heavy (non-hydrogen) atoms. The summed E-state index contributed by atoms with van der Waals surface area (Å²) in [5, 5.41) is 21.1. The summed E-state index contributed by atoms with van der Waals surface area (Å²) >= 11 is 0. The largest absolute Gasteiger partial charge is 0.381 e. The lowest BCUT2D eigenvalue weighted by Gasteiger charge is -2.09. The molecule has 0 fully saturated rings. The van der Waals surface area contributed by atoms with Crippen LogP contribution in [0.3, 0.4) is 0 Å². The second-order valence-corrected chi connectivity index (χ2v) is 6.58. The van der Waals surface area contributed by atoms with Crippen LogP contribution in [0, 0.1) is 29.9 Å². The Bertz CT molecular complexity index is 1300. The fourth-order valence-corrected chi connectivity index (χ4v) is 3.00. The maximum absolute atomic E-state index is 14.7. The van der Waals surface area contributed by atoms with Gasteiger partial charge in [0.2, 0.25) is 0 Å². The quantitative estimate of drug-likeness (QED) is 0.550. The molecular formula is C19H15F2N9. The van der Waals surface area contributed by atoms with E-state index in [1.165, 1.54) is 21.8 Å². The second-order valence-electron chi connectivity index (χ2n) is 6.58. The van der Waals surface area contributed by atoms with Gasteiger partial charge in [0.25, 0.3) is 0 Å². The Labute approximate surface area is 169 Å². The third kappa shape index (κ3) is 3.35. The van der Waals surface area contributed by atoms with E-state index in [0.717, 1.165) is 0 Å².